The molecule has 2 aromatic rings. The molecule has 1 aliphatic rings. The van der Waals surface area contributed by atoms with Crippen molar-refractivity contribution in [2.24, 2.45) is 0 Å². The van der Waals surface area contributed by atoms with E-state index < -0.39 is 0 Å². The van der Waals surface area contributed by atoms with Gasteiger partial charge in [-0.05, 0) is 46.9 Å². The van der Waals surface area contributed by atoms with Gasteiger partial charge in [-0.25, -0.2) is 4.39 Å². The first-order valence-electron chi connectivity index (χ1n) is 6.11. The largest absolute Gasteiger partial charge is 0.482 e. The Morgan fingerprint density at radius 2 is 2.10 bits per heavy atom. The summed E-state index contributed by atoms with van der Waals surface area (Å²) in [5, 5.41) is 5.84. The summed E-state index contributed by atoms with van der Waals surface area (Å²) < 4.78 is 19.1. The number of carbonyl (C=O) groups excluding carboxylic acids is 1. The Morgan fingerprint density at radius 3 is 2.86 bits per heavy atom. The second-order valence-corrected chi connectivity index (χ2v) is 5.68. The van der Waals surface area contributed by atoms with E-state index in [2.05, 4.69) is 10.6 Å². The van der Waals surface area contributed by atoms with E-state index in [1.165, 1.54) is 12.1 Å². The molecule has 0 aliphatic carbocycles. The van der Waals surface area contributed by atoms with E-state index in [1.54, 1.807) is 18.2 Å². The highest BCUT2D eigenvalue weighted by atomic mass is 127. The zero-order valence-corrected chi connectivity index (χ0v) is 12.9. The molecule has 0 atom stereocenters. The molecule has 4 N–H and O–H groups in total. The van der Waals surface area contributed by atoms with Gasteiger partial charge in [0.1, 0.15) is 11.6 Å². The Labute approximate surface area is 133 Å². The van der Waals surface area contributed by atoms with Crippen LogP contribution in [0.25, 0.3) is 0 Å². The Balaban J connectivity index is 1.95. The van der Waals surface area contributed by atoms with E-state index in [0.29, 0.717) is 22.8 Å². The maximum Gasteiger partial charge on any atom is 0.262 e. The van der Waals surface area contributed by atoms with Crippen LogP contribution in [-0.4, -0.2) is 12.5 Å². The lowest BCUT2D eigenvalue weighted by molar-refractivity contribution is -0.118. The van der Waals surface area contributed by atoms with E-state index in [0.717, 1.165) is 9.26 Å². The molecule has 1 amide bonds. The molecular weight excluding hydrogens is 388 g/mol. The third-order valence-corrected chi connectivity index (χ3v) is 3.88. The first-order valence-corrected chi connectivity index (χ1v) is 7.19. The van der Waals surface area contributed by atoms with Gasteiger partial charge in [0, 0.05) is 9.64 Å². The van der Waals surface area contributed by atoms with Crippen LogP contribution < -0.4 is 21.1 Å². The van der Waals surface area contributed by atoms with E-state index in [9.17, 15) is 9.18 Å². The minimum Gasteiger partial charge on any atom is -0.482 e. The lowest BCUT2D eigenvalue weighted by Gasteiger charge is -2.20. The number of halogens is 2. The Hall–Kier alpha value is -2.03. The topological polar surface area (TPSA) is 76.4 Å². The van der Waals surface area contributed by atoms with Crippen LogP contribution in [-0.2, 0) is 4.79 Å². The predicted octanol–water partition coefficient (Wildman–Crippen LogP) is 3.09. The predicted molar refractivity (Wildman–Crippen MR) is 87.4 cm³/mol. The summed E-state index contributed by atoms with van der Waals surface area (Å²) in [5.41, 5.74) is 8.35. The molecule has 0 spiro atoms. The maximum absolute atomic E-state index is 13.1. The molecule has 1 aliphatic heterocycles. The molecule has 0 unspecified atom stereocenters. The summed E-state index contributed by atoms with van der Waals surface area (Å²) in [5.74, 6) is 0.0186. The lowest BCUT2D eigenvalue weighted by atomic mass is 10.2. The van der Waals surface area contributed by atoms with Crippen molar-refractivity contribution < 1.29 is 13.9 Å². The van der Waals surface area contributed by atoms with E-state index in [4.69, 9.17) is 10.5 Å². The van der Waals surface area contributed by atoms with Gasteiger partial charge in [-0.15, -0.1) is 0 Å². The fourth-order valence-corrected chi connectivity index (χ4v) is 2.60. The normalized spacial score (nSPS) is 13.1. The molecule has 2 aromatic carbocycles. The minimum absolute atomic E-state index is 0.0188. The first kappa shape index (κ1) is 13.9. The molecule has 3 rings (SSSR count). The highest BCUT2D eigenvalue weighted by molar-refractivity contribution is 14.1. The molecule has 7 heteroatoms. The lowest BCUT2D eigenvalue weighted by Crippen LogP contribution is -2.25. The summed E-state index contributed by atoms with van der Waals surface area (Å²) in [6, 6.07) is 7.76. The number of anilines is 4. The maximum atomic E-state index is 13.1. The molecule has 0 saturated heterocycles. The average molecular weight is 399 g/mol. The number of carbonyl (C=O) groups is 1. The van der Waals surface area contributed by atoms with Crippen LogP contribution in [0, 0.1) is 9.39 Å². The summed E-state index contributed by atoms with van der Waals surface area (Å²) in [4.78, 5) is 11.3. The average Bonchev–Trinajstić information content (AvgIpc) is 2.43. The number of nitrogen functional groups attached to an aromatic ring is 1. The van der Waals surface area contributed by atoms with Gasteiger partial charge in [-0.3, -0.25) is 4.79 Å². The third kappa shape index (κ3) is 2.87. The summed E-state index contributed by atoms with van der Waals surface area (Å²) in [7, 11) is 0. The standard InChI is InChI=1S/C14H11FIN3O2/c15-7-1-2-10(8(16)3-7)18-11-5-12-13(4-9(11)17)21-6-14(20)19-12/h1-5,18H,6,17H2,(H,19,20). The van der Waals surface area contributed by atoms with Gasteiger partial charge in [0.2, 0.25) is 0 Å². The molecule has 1 heterocycles. The first-order chi connectivity index (χ1) is 10.0. The Bertz CT molecular complexity index is 736. The van der Waals surface area contributed by atoms with Crippen molar-refractivity contribution in [1.82, 2.24) is 0 Å². The number of ether oxygens (including phenoxy) is 1. The van der Waals surface area contributed by atoms with Crippen LogP contribution in [0.5, 0.6) is 5.75 Å². The van der Waals surface area contributed by atoms with E-state index in [-0.39, 0.29) is 18.3 Å². The highest BCUT2D eigenvalue weighted by Crippen LogP contribution is 2.37. The summed E-state index contributed by atoms with van der Waals surface area (Å²) >= 11 is 2.03. The van der Waals surface area contributed by atoms with Gasteiger partial charge in [0.15, 0.2) is 6.61 Å². The fourth-order valence-electron chi connectivity index (χ4n) is 1.99. The van der Waals surface area contributed by atoms with Crippen molar-refractivity contribution >= 4 is 51.2 Å². The van der Waals surface area contributed by atoms with Crippen molar-refractivity contribution in [3.8, 4) is 5.75 Å². The molecule has 0 bridgehead atoms. The van der Waals surface area contributed by atoms with Crippen LogP contribution in [0.2, 0.25) is 0 Å². The van der Waals surface area contributed by atoms with Gasteiger partial charge < -0.3 is 21.1 Å². The zero-order chi connectivity index (χ0) is 15.0. The number of hydrogen-bond acceptors (Lipinski definition) is 4. The molecule has 0 fully saturated rings. The van der Waals surface area contributed by atoms with Crippen LogP contribution in [0.4, 0.5) is 27.1 Å². The summed E-state index contributed by atoms with van der Waals surface area (Å²) in [6.45, 7) is -0.0188. The van der Waals surface area contributed by atoms with E-state index in [1.807, 2.05) is 22.6 Å². The van der Waals surface area contributed by atoms with Gasteiger partial charge in [0.05, 0.1) is 22.7 Å². The van der Waals surface area contributed by atoms with Crippen molar-refractivity contribution in [2.75, 3.05) is 23.0 Å². The molecule has 5 nitrogen and oxygen atoms in total. The molecular formula is C14H11FIN3O2. The van der Waals surface area contributed by atoms with Crippen molar-refractivity contribution in [1.29, 1.82) is 0 Å². The van der Waals surface area contributed by atoms with Crippen molar-refractivity contribution in [3.63, 3.8) is 0 Å². The van der Waals surface area contributed by atoms with E-state index >= 15 is 0 Å². The number of amides is 1. The fraction of sp³-hybridized carbons (Fsp3) is 0.0714. The monoisotopic (exact) mass is 399 g/mol. The number of nitrogens with two attached hydrogens (primary N) is 1. The number of rotatable bonds is 2. The minimum atomic E-state index is -0.302. The van der Waals surface area contributed by atoms with Crippen LogP contribution >= 0.6 is 22.6 Å². The Morgan fingerprint density at radius 1 is 1.29 bits per heavy atom. The number of benzene rings is 2. The van der Waals surface area contributed by atoms with Crippen molar-refractivity contribution in [2.45, 2.75) is 0 Å². The van der Waals surface area contributed by atoms with Crippen LogP contribution in [0.1, 0.15) is 0 Å². The number of fused-ring (bicyclic) bond motifs is 1. The SMILES string of the molecule is Nc1cc2c(cc1Nc1ccc(F)cc1I)NC(=O)CO2. The van der Waals surface area contributed by atoms with Gasteiger partial charge in [-0.2, -0.15) is 0 Å². The molecule has 0 aromatic heterocycles. The second kappa shape index (κ2) is 5.40. The number of nitrogens with one attached hydrogen (secondary N) is 2. The quantitative estimate of drug-likeness (QED) is 0.536. The highest BCUT2D eigenvalue weighted by Gasteiger charge is 2.18. The summed E-state index contributed by atoms with van der Waals surface area (Å²) in [6.07, 6.45) is 0. The Kier molecular flexibility index (Phi) is 3.58. The van der Waals surface area contributed by atoms with Gasteiger partial charge in [0.25, 0.3) is 5.91 Å². The van der Waals surface area contributed by atoms with Crippen LogP contribution in [0.15, 0.2) is 30.3 Å². The molecule has 0 radical (unpaired) electrons. The smallest absolute Gasteiger partial charge is 0.262 e. The third-order valence-electron chi connectivity index (χ3n) is 2.99. The molecule has 0 saturated carbocycles. The molecule has 21 heavy (non-hydrogen) atoms. The zero-order valence-electron chi connectivity index (χ0n) is 10.7. The van der Waals surface area contributed by atoms with Crippen molar-refractivity contribution in [3.05, 3.63) is 39.7 Å². The molecule has 108 valence electrons. The van der Waals surface area contributed by atoms with Crippen LogP contribution in [0.3, 0.4) is 0 Å². The number of hydrogen-bond donors (Lipinski definition) is 3. The second-order valence-electron chi connectivity index (χ2n) is 4.52. The van der Waals surface area contributed by atoms with Gasteiger partial charge >= 0.3 is 0 Å². The van der Waals surface area contributed by atoms with Gasteiger partial charge in [-0.1, -0.05) is 0 Å².